The molecule has 0 saturated heterocycles. The maximum atomic E-state index is 13.4. The molecule has 3 amide bonds. The van der Waals surface area contributed by atoms with Gasteiger partial charge in [-0.1, -0.05) is 6.92 Å². The number of nitrogens with one attached hydrogen (secondary N) is 2. The van der Waals surface area contributed by atoms with Crippen molar-refractivity contribution in [1.29, 1.82) is 0 Å². The molecule has 9 nitrogen and oxygen atoms in total. The molecule has 4 rings (SSSR count). The number of nitrogens with zero attached hydrogens (tertiary/aromatic N) is 3. The molecule has 1 aliphatic rings. The van der Waals surface area contributed by atoms with Gasteiger partial charge in [-0.25, -0.2) is 9.18 Å². The SMILES string of the molecule is C[C@@H]1CN([C@H](C)CO)C(=O)Cc2cc(NC(=O)Nc3ccc(F)cc3)ccc2O[C@@H]1CN(C)Cc1ccncc1. The monoisotopic (exact) mass is 549 g/mol. The van der Waals surface area contributed by atoms with Gasteiger partial charge in [0.15, 0.2) is 0 Å². The number of aliphatic hydroxyl groups is 1. The van der Waals surface area contributed by atoms with Crippen LogP contribution in [0.3, 0.4) is 0 Å². The number of aliphatic hydroxyl groups excluding tert-OH is 1. The van der Waals surface area contributed by atoms with E-state index in [1.54, 1.807) is 35.5 Å². The Morgan fingerprint density at radius 2 is 1.82 bits per heavy atom. The fourth-order valence-corrected chi connectivity index (χ4v) is 4.72. The number of urea groups is 1. The van der Waals surface area contributed by atoms with Crippen LogP contribution >= 0.6 is 0 Å². The summed E-state index contributed by atoms with van der Waals surface area (Å²) in [7, 11) is 2.02. The third-order valence-corrected chi connectivity index (χ3v) is 6.97. The zero-order valence-electron chi connectivity index (χ0n) is 23.0. The van der Waals surface area contributed by atoms with E-state index in [1.807, 2.05) is 26.1 Å². The van der Waals surface area contributed by atoms with Crippen LogP contribution in [0.2, 0.25) is 0 Å². The Morgan fingerprint density at radius 1 is 1.15 bits per heavy atom. The molecule has 0 saturated carbocycles. The van der Waals surface area contributed by atoms with Crippen molar-refractivity contribution in [2.45, 2.75) is 39.0 Å². The fourth-order valence-electron chi connectivity index (χ4n) is 4.72. The quantitative estimate of drug-likeness (QED) is 0.390. The minimum atomic E-state index is -0.498. The molecule has 40 heavy (non-hydrogen) atoms. The van der Waals surface area contributed by atoms with Gasteiger partial charge in [-0.15, -0.1) is 0 Å². The number of fused-ring (bicyclic) bond motifs is 1. The molecule has 0 unspecified atom stereocenters. The average molecular weight is 550 g/mol. The van der Waals surface area contributed by atoms with E-state index in [1.165, 1.54) is 24.3 Å². The van der Waals surface area contributed by atoms with Crippen LogP contribution in [0.1, 0.15) is 25.0 Å². The van der Waals surface area contributed by atoms with Gasteiger partial charge in [-0.05, 0) is 74.1 Å². The highest BCUT2D eigenvalue weighted by Crippen LogP contribution is 2.29. The molecule has 2 aromatic carbocycles. The molecule has 0 radical (unpaired) electrons. The Kier molecular flexibility index (Phi) is 9.68. The molecule has 3 N–H and O–H groups in total. The summed E-state index contributed by atoms with van der Waals surface area (Å²) in [5.41, 5.74) is 2.70. The van der Waals surface area contributed by atoms with Gasteiger partial charge >= 0.3 is 6.03 Å². The van der Waals surface area contributed by atoms with E-state index in [9.17, 15) is 19.1 Å². The topological polar surface area (TPSA) is 107 Å². The summed E-state index contributed by atoms with van der Waals surface area (Å²) >= 11 is 0. The highest BCUT2D eigenvalue weighted by molar-refractivity contribution is 5.99. The number of carbonyl (C=O) groups excluding carboxylic acids is 2. The summed E-state index contributed by atoms with van der Waals surface area (Å²) in [5, 5.41) is 15.3. The van der Waals surface area contributed by atoms with Crippen molar-refractivity contribution in [3.8, 4) is 5.75 Å². The zero-order valence-corrected chi connectivity index (χ0v) is 23.0. The van der Waals surface area contributed by atoms with Crippen LogP contribution in [-0.2, 0) is 17.8 Å². The zero-order chi connectivity index (χ0) is 28.6. The summed E-state index contributed by atoms with van der Waals surface area (Å²) in [5.74, 6) is 0.0273. The number of pyridine rings is 1. The Hall–Kier alpha value is -4.02. The predicted octanol–water partition coefficient (Wildman–Crippen LogP) is 4.15. The van der Waals surface area contributed by atoms with Crippen LogP contribution < -0.4 is 15.4 Å². The summed E-state index contributed by atoms with van der Waals surface area (Å²) in [6.07, 6.45) is 3.35. The second-order valence-electron chi connectivity index (χ2n) is 10.3. The van der Waals surface area contributed by atoms with Gasteiger partial charge in [0.05, 0.1) is 19.1 Å². The van der Waals surface area contributed by atoms with Crippen LogP contribution in [0.25, 0.3) is 0 Å². The molecule has 0 aliphatic carbocycles. The van der Waals surface area contributed by atoms with Crippen LogP contribution in [-0.4, -0.2) is 70.7 Å². The van der Waals surface area contributed by atoms with E-state index in [4.69, 9.17) is 4.74 Å². The second-order valence-corrected chi connectivity index (χ2v) is 10.3. The van der Waals surface area contributed by atoms with Gasteiger partial charge in [-0.2, -0.15) is 0 Å². The molecule has 1 aliphatic heterocycles. The van der Waals surface area contributed by atoms with Crippen molar-refractivity contribution in [1.82, 2.24) is 14.8 Å². The van der Waals surface area contributed by atoms with Crippen molar-refractivity contribution in [2.75, 3.05) is 37.4 Å². The number of hydrogen-bond donors (Lipinski definition) is 3. The van der Waals surface area contributed by atoms with Gasteiger partial charge in [-0.3, -0.25) is 14.7 Å². The summed E-state index contributed by atoms with van der Waals surface area (Å²) < 4.78 is 19.7. The van der Waals surface area contributed by atoms with Gasteiger partial charge in [0.2, 0.25) is 5.91 Å². The summed E-state index contributed by atoms with van der Waals surface area (Å²) in [6, 6.07) is 13.8. The summed E-state index contributed by atoms with van der Waals surface area (Å²) in [6.45, 7) is 5.49. The standard InChI is InChI=1S/C30H36FN5O4/c1-20-16-36(21(2)19-37)29(38)15-23-14-26(34-30(39)33-25-6-4-24(31)5-7-25)8-9-27(23)40-28(20)18-35(3)17-22-10-12-32-13-11-22/h4-14,20-21,28,37H,15-19H2,1-3H3,(H2,33,34,39)/t20-,21-,28-/m1/s1. The van der Waals surface area contributed by atoms with E-state index in [-0.39, 0.29) is 37.0 Å². The summed E-state index contributed by atoms with van der Waals surface area (Å²) in [4.78, 5) is 33.9. The van der Waals surface area contributed by atoms with Crippen LogP contribution in [0.15, 0.2) is 67.0 Å². The fraction of sp³-hybridized carbons (Fsp3) is 0.367. The second kappa shape index (κ2) is 13.4. The van der Waals surface area contributed by atoms with Gasteiger partial charge in [0.1, 0.15) is 17.7 Å². The number of hydrogen-bond acceptors (Lipinski definition) is 6. The number of carbonyl (C=O) groups is 2. The van der Waals surface area contributed by atoms with Gasteiger partial charge in [0.25, 0.3) is 0 Å². The largest absolute Gasteiger partial charge is 0.488 e. The molecule has 0 spiro atoms. The van der Waals surface area contributed by atoms with Crippen molar-refractivity contribution in [3.63, 3.8) is 0 Å². The first kappa shape index (κ1) is 29.0. The highest BCUT2D eigenvalue weighted by atomic mass is 19.1. The number of aromatic nitrogens is 1. The molecule has 3 atom stereocenters. The molecular formula is C30H36FN5O4. The number of likely N-dealkylation sites (N-methyl/N-ethyl adjacent to an activating group) is 1. The minimum absolute atomic E-state index is 0.0249. The molecule has 212 valence electrons. The highest BCUT2D eigenvalue weighted by Gasteiger charge is 2.31. The van der Waals surface area contributed by atoms with Crippen molar-refractivity contribution < 1.29 is 23.8 Å². The third kappa shape index (κ3) is 7.77. The number of ether oxygens (including phenoxy) is 1. The number of anilines is 2. The van der Waals surface area contributed by atoms with E-state index in [2.05, 4.69) is 27.4 Å². The first-order valence-electron chi connectivity index (χ1n) is 13.3. The number of amides is 3. The first-order chi connectivity index (χ1) is 19.2. The Morgan fingerprint density at radius 3 is 2.52 bits per heavy atom. The molecule has 3 aromatic rings. The normalized spacial score (nSPS) is 18.1. The molecular weight excluding hydrogens is 513 g/mol. The van der Waals surface area contributed by atoms with Crippen LogP contribution in [0.5, 0.6) is 5.75 Å². The molecule has 0 fully saturated rings. The lowest BCUT2D eigenvalue weighted by molar-refractivity contribution is -0.134. The average Bonchev–Trinajstić information content (AvgIpc) is 2.97. The lowest BCUT2D eigenvalue weighted by Crippen LogP contribution is -2.47. The molecule has 10 heteroatoms. The number of rotatable bonds is 8. The number of halogens is 1. The van der Waals surface area contributed by atoms with Gasteiger partial charge < -0.3 is 25.4 Å². The van der Waals surface area contributed by atoms with E-state index < -0.39 is 11.8 Å². The van der Waals surface area contributed by atoms with E-state index in [0.29, 0.717) is 42.3 Å². The Balaban J connectivity index is 1.55. The maximum absolute atomic E-state index is 13.4. The maximum Gasteiger partial charge on any atom is 0.323 e. The number of benzene rings is 2. The Labute approximate surface area is 234 Å². The molecule has 0 bridgehead atoms. The lowest BCUT2D eigenvalue weighted by Gasteiger charge is -2.34. The van der Waals surface area contributed by atoms with Crippen LogP contribution in [0, 0.1) is 11.7 Å². The molecule has 1 aromatic heterocycles. The minimum Gasteiger partial charge on any atom is -0.488 e. The van der Waals surface area contributed by atoms with Gasteiger partial charge in [0, 0.05) is 54.9 Å². The predicted molar refractivity (Wildman–Crippen MR) is 152 cm³/mol. The van der Waals surface area contributed by atoms with E-state index in [0.717, 1.165) is 5.56 Å². The third-order valence-electron chi connectivity index (χ3n) is 6.97. The Bertz CT molecular complexity index is 1290. The smallest absolute Gasteiger partial charge is 0.323 e. The first-order valence-corrected chi connectivity index (χ1v) is 13.3. The van der Waals surface area contributed by atoms with Crippen molar-refractivity contribution in [2.24, 2.45) is 5.92 Å². The van der Waals surface area contributed by atoms with Crippen molar-refractivity contribution >= 4 is 23.3 Å². The lowest BCUT2D eigenvalue weighted by atomic mass is 10.0. The van der Waals surface area contributed by atoms with E-state index >= 15 is 0 Å². The molecule has 2 heterocycles. The van der Waals surface area contributed by atoms with Crippen molar-refractivity contribution in [3.05, 3.63) is 83.9 Å². The van der Waals surface area contributed by atoms with Crippen LogP contribution in [0.4, 0.5) is 20.6 Å².